The van der Waals surface area contributed by atoms with E-state index in [1.54, 1.807) is 24.3 Å². The van der Waals surface area contributed by atoms with Gasteiger partial charge in [-0.05, 0) is 17.7 Å². The van der Waals surface area contributed by atoms with Gasteiger partial charge in [0.15, 0.2) is 9.84 Å². The molecule has 0 unspecified atom stereocenters. The minimum Gasteiger partial charge on any atom is -0.497 e. The van der Waals surface area contributed by atoms with Gasteiger partial charge in [0.2, 0.25) is 0 Å². The molecule has 1 N–H and O–H groups in total. The first-order valence-electron chi connectivity index (χ1n) is 6.34. The number of ether oxygens (including phenoxy) is 2. The molecule has 1 saturated carbocycles. The lowest BCUT2D eigenvalue weighted by molar-refractivity contribution is -0.145. The molecule has 1 aromatic carbocycles. The number of carboxylic acids is 1. The maximum Gasteiger partial charge on any atom is 0.314 e. The summed E-state index contributed by atoms with van der Waals surface area (Å²) in [6.45, 7) is -0.142. The highest BCUT2D eigenvalue weighted by Crippen LogP contribution is 2.63. The fourth-order valence-electron chi connectivity index (χ4n) is 3.04. The van der Waals surface area contributed by atoms with Crippen molar-refractivity contribution in [3.8, 4) is 5.75 Å². The molecule has 0 amide bonds. The molecule has 1 aliphatic carbocycles. The van der Waals surface area contributed by atoms with Gasteiger partial charge >= 0.3 is 5.97 Å². The fraction of sp³-hybridized carbons (Fsp3) is 0.500. The Labute approximate surface area is 123 Å². The summed E-state index contributed by atoms with van der Waals surface area (Å²) in [7, 11) is -0.615. The van der Waals surface area contributed by atoms with Crippen LogP contribution in [0.1, 0.15) is 11.5 Å². The van der Waals surface area contributed by atoms with Gasteiger partial charge in [-0.2, -0.15) is 0 Å². The average molecular weight is 314 g/mol. The standard InChI is InChI=1S/C14H18O6S/c1-19-8-14(13(15)16)11(12(14)21(3,17)18)9-4-6-10(20-2)7-5-9/h4-7,11-12H,8H2,1-3H3,(H,15,16)/t11-,12-,14-/m0/s1. The maximum atomic E-state index is 12.0. The smallest absolute Gasteiger partial charge is 0.314 e. The first-order valence-corrected chi connectivity index (χ1v) is 8.29. The van der Waals surface area contributed by atoms with Crippen molar-refractivity contribution in [1.29, 1.82) is 0 Å². The van der Waals surface area contributed by atoms with E-state index in [1.165, 1.54) is 14.2 Å². The third-order valence-corrected chi connectivity index (χ3v) is 5.59. The zero-order valence-electron chi connectivity index (χ0n) is 12.1. The van der Waals surface area contributed by atoms with E-state index in [0.717, 1.165) is 6.26 Å². The predicted molar refractivity (Wildman–Crippen MR) is 76.3 cm³/mol. The van der Waals surface area contributed by atoms with Crippen LogP contribution in [0, 0.1) is 5.41 Å². The van der Waals surface area contributed by atoms with Crippen molar-refractivity contribution >= 4 is 15.8 Å². The largest absolute Gasteiger partial charge is 0.497 e. The molecule has 0 aromatic heterocycles. The van der Waals surface area contributed by atoms with Crippen LogP contribution in [0.5, 0.6) is 5.75 Å². The van der Waals surface area contributed by atoms with Crippen LogP contribution in [0.2, 0.25) is 0 Å². The molecule has 6 nitrogen and oxygen atoms in total. The zero-order valence-corrected chi connectivity index (χ0v) is 12.9. The van der Waals surface area contributed by atoms with E-state index >= 15 is 0 Å². The molecular formula is C14H18O6S. The number of hydrogen-bond acceptors (Lipinski definition) is 5. The Balaban J connectivity index is 2.46. The molecule has 1 aromatic rings. The molecule has 1 fully saturated rings. The van der Waals surface area contributed by atoms with Gasteiger partial charge in [-0.1, -0.05) is 12.1 Å². The Kier molecular flexibility index (Phi) is 3.99. The minimum atomic E-state index is -3.51. The average Bonchev–Trinajstić information content (AvgIpc) is 3.10. The van der Waals surface area contributed by atoms with Crippen LogP contribution in [0.4, 0.5) is 0 Å². The fourth-order valence-corrected chi connectivity index (χ4v) is 4.94. The Hall–Kier alpha value is -1.60. The second-order valence-corrected chi connectivity index (χ2v) is 7.45. The normalized spacial score (nSPS) is 28.1. The molecule has 2 rings (SSSR count). The SMILES string of the molecule is COC[C@]1(C(=O)O)[C@@H](c2ccc(OC)cc2)[C@@H]1S(C)(=O)=O. The Morgan fingerprint density at radius 3 is 2.24 bits per heavy atom. The van der Waals surface area contributed by atoms with Crippen LogP contribution >= 0.6 is 0 Å². The summed E-state index contributed by atoms with van der Waals surface area (Å²) in [5.74, 6) is -1.14. The number of benzene rings is 1. The lowest BCUT2D eigenvalue weighted by Crippen LogP contribution is -2.28. The van der Waals surface area contributed by atoms with Crippen LogP contribution in [0.15, 0.2) is 24.3 Å². The molecule has 0 bridgehead atoms. The van der Waals surface area contributed by atoms with Gasteiger partial charge in [0.25, 0.3) is 0 Å². The van der Waals surface area contributed by atoms with Gasteiger partial charge in [0.05, 0.1) is 19.0 Å². The summed E-state index contributed by atoms with van der Waals surface area (Å²) in [5.41, 5.74) is -0.762. The zero-order chi connectivity index (χ0) is 15.8. The molecule has 3 atom stereocenters. The Morgan fingerprint density at radius 1 is 1.29 bits per heavy atom. The van der Waals surface area contributed by atoms with Gasteiger partial charge in [-0.25, -0.2) is 8.42 Å². The first-order chi connectivity index (χ1) is 9.79. The van der Waals surface area contributed by atoms with Crippen molar-refractivity contribution in [3.63, 3.8) is 0 Å². The summed E-state index contributed by atoms with van der Waals surface area (Å²) >= 11 is 0. The van der Waals surface area contributed by atoms with E-state index in [4.69, 9.17) is 9.47 Å². The van der Waals surface area contributed by atoms with Gasteiger partial charge < -0.3 is 14.6 Å². The van der Waals surface area contributed by atoms with Crippen LogP contribution in [0.25, 0.3) is 0 Å². The molecule has 0 saturated heterocycles. The van der Waals surface area contributed by atoms with E-state index in [2.05, 4.69) is 0 Å². The van der Waals surface area contributed by atoms with Crippen molar-refractivity contribution in [2.75, 3.05) is 27.1 Å². The third kappa shape index (κ3) is 2.51. The minimum absolute atomic E-state index is 0.142. The number of hydrogen-bond donors (Lipinski definition) is 1. The van der Waals surface area contributed by atoms with Crippen molar-refractivity contribution < 1.29 is 27.8 Å². The van der Waals surface area contributed by atoms with E-state index < -0.39 is 32.4 Å². The molecule has 0 heterocycles. The second-order valence-electron chi connectivity index (χ2n) is 5.28. The van der Waals surface area contributed by atoms with E-state index in [9.17, 15) is 18.3 Å². The number of carboxylic acid groups (broad SMARTS) is 1. The van der Waals surface area contributed by atoms with Crippen molar-refractivity contribution in [3.05, 3.63) is 29.8 Å². The summed E-state index contributed by atoms with van der Waals surface area (Å²) in [6, 6.07) is 6.77. The number of sulfone groups is 1. The Bertz CT molecular complexity index is 636. The maximum absolute atomic E-state index is 12.0. The summed E-state index contributed by atoms with van der Waals surface area (Å²) < 4.78 is 33.9. The molecule has 0 radical (unpaired) electrons. The van der Waals surface area contributed by atoms with Crippen LogP contribution in [-0.2, 0) is 19.4 Å². The van der Waals surface area contributed by atoms with Gasteiger partial charge in [0, 0.05) is 19.3 Å². The highest BCUT2D eigenvalue weighted by molar-refractivity contribution is 7.91. The summed E-state index contributed by atoms with van der Waals surface area (Å²) in [6.07, 6.45) is 1.06. The lowest BCUT2D eigenvalue weighted by Gasteiger charge is -2.11. The molecule has 7 heteroatoms. The quantitative estimate of drug-likeness (QED) is 0.840. The molecule has 0 aliphatic heterocycles. The van der Waals surface area contributed by atoms with Gasteiger partial charge in [0.1, 0.15) is 11.2 Å². The highest BCUT2D eigenvalue weighted by Gasteiger charge is 2.74. The first kappa shape index (κ1) is 15.8. The van der Waals surface area contributed by atoms with Gasteiger partial charge in [-0.3, -0.25) is 4.79 Å². The van der Waals surface area contributed by atoms with Crippen molar-refractivity contribution in [1.82, 2.24) is 0 Å². The molecular weight excluding hydrogens is 296 g/mol. The number of carbonyl (C=O) groups is 1. The van der Waals surface area contributed by atoms with Crippen molar-refractivity contribution in [2.45, 2.75) is 11.2 Å². The molecule has 116 valence electrons. The topological polar surface area (TPSA) is 89.9 Å². The molecule has 21 heavy (non-hydrogen) atoms. The van der Waals surface area contributed by atoms with Crippen LogP contribution < -0.4 is 4.74 Å². The third-order valence-electron chi connectivity index (χ3n) is 3.97. The van der Waals surface area contributed by atoms with Crippen LogP contribution in [-0.4, -0.2) is 51.8 Å². The van der Waals surface area contributed by atoms with E-state index in [1.807, 2.05) is 0 Å². The molecule has 0 spiro atoms. The van der Waals surface area contributed by atoms with E-state index in [-0.39, 0.29) is 6.61 Å². The van der Waals surface area contributed by atoms with Crippen molar-refractivity contribution in [2.24, 2.45) is 5.41 Å². The lowest BCUT2D eigenvalue weighted by atomic mass is 10.00. The number of rotatable bonds is 6. The molecule has 1 aliphatic rings. The predicted octanol–water partition coefficient (Wildman–Crippen LogP) is 0.923. The van der Waals surface area contributed by atoms with Crippen LogP contribution in [0.3, 0.4) is 0 Å². The summed E-state index contributed by atoms with van der Waals surface area (Å²) in [5, 5.41) is 8.56. The van der Waals surface area contributed by atoms with Gasteiger partial charge in [-0.15, -0.1) is 0 Å². The number of aliphatic carboxylic acids is 1. The number of methoxy groups -OCH3 is 2. The van der Waals surface area contributed by atoms with E-state index in [0.29, 0.717) is 11.3 Å². The Morgan fingerprint density at radius 2 is 1.86 bits per heavy atom. The monoisotopic (exact) mass is 314 g/mol. The highest BCUT2D eigenvalue weighted by atomic mass is 32.2. The summed E-state index contributed by atoms with van der Waals surface area (Å²) in [4.78, 5) is 11.7. The second kappa shape index (κ2) is 5.31.